The largest absolute Gasteiger partial charge is 0.363 e. The molecule has 3 aromatic rings. The molecule has 7 nitrogen and oxygen atoms in total. The van der Waals surface area contributed by atoms with Crippen LogP contribution in [0.3, 0.4) is 0 Å². The zero-order chi connectivity index (χ0) is 23.8. The van der Waals surface area contributed by atoms with E-state index in [4.69, 9.17) is 0 Å². The fourth-order valence-electron chi connectivity index (χ4n) is 4.55. The van der Waals surface area contributed by atoms with Crippen molar-refractivity contribution >= 4 is 29.0 Å². The molecule has 0 bridgehead atoms. The van der Waals surface area contributed by atoms with Crippen LogP contribution in [0.5, 0.6) is 0 Å². The third kappa shape index (κ3) is 3.81. The Labute approximate surface area is 197 Å². The van der Waals surface area contributed by atoms with Gasteiger partial charge in [-0.3, -0.25) is 9.59 Å². The number of rotatable bonds is 4. The molecule has 34 heavy (non-hydrogen) atoms. The topological polar surface area (TPSA) is 69.6 Å². The van der Waals surface area contributed by atoms with E-state index in [1.165, 1.54) is 17.0 Å². The lowest BCUT2D eigenvalue weighted by Crippen LogP contribution is -2.48. The number of amides is 2. The number of halogens is 1. The van der Waals surface area contributed by atoms with Crippen LogP contribution in [-0.4, -0.2) is 52.9 Å². The fourth-order valence-corrected chi connectivity index (χ4v) is 4.55. The lowest BCUT2D eigenvalue weighted by atomic mass is 10.0. The molecule has 2 amide bonds. The predicted octanol–water partition coefficient (Wildman–Crippen LogP) is 3.34. The smallest absolute Gasteiger partial charge is 0.282 e. The van der Waals surface area contributed by atoms with Crippen molar-refractivity contribution in [2.24, 2.45) is 0 Å². The third-order valence-electron chi connectivity index (χ3n) is 6.22. The normalized spacial score (nSPS) is 16.6. The monoisotopic (exact) mass is 457 g/mol. The molecule has 2 aromatic carbocycles. The lowest BCUT2D eigenvalue weighted by Gasteiger charge is -2.36. The summed E-state index contributed by atoms with van der Waals surface area (Å²) in [7, 11) is 0. The Morgan fingerprint density at radius 1 is 0.824 bits per heavy atom. The zero-order valence-electron chi connectivity index (χ0n) is 19.0. The van der Waals surface area contributed by atoms with Crippen LogP contribution >= 0.6 is 0 Å². The first-order valence-electron chi connectivity index (χ1n) is 11.2. The van der Waals surface area contributed by atoms with Crippen molar-refractivity contribution in [3.8, 4) is 0 Å². The van der Waals surface area contributed by atoms with E-state index >= 15 is 0 Å². The minimum Gasteiger partial charge on any atom is -0.363 e. The average Bonchev–Trinajstić information content (AvgIpc) is 3.10. The standard InChI is InChI=1S/C26H24FN5O2/c1-17-4-9-21(18(2)16-17)32-24(33)22(19-5-7-20(27)8-6-19)23(25(32)34)30-12-14-31(15-13-30)26-28-10-3-11-29-26/h3-11,16H,12-15H2,1-2H3. The highest BCUT2D eigenvalue weighted by Crippen LogP contribution is 2.36. The second kappa shape index (κ2) is 8.70. The first kappa shape index (κ1) is 21.8. The molecule has 1 saturated heterocycles. The fraction of sp³-hybridized carbons (Fsp3) is 0.231. The Kier molecular flexibility index (Phi) is 5.57. The van der Waals surface area contributed by atoms with Gasteiger partial charge in [0.1, 0.15) is 11.5 Å². The molecular weight excluding hydrogens is 433 g/mol. The summed E-state index contributed by atoms with van der Waals surface area (Å²) in [5, 5.41) is 0. The van der Waals surface area contributed by atoms with Crippen LogP contribution < -0.4 is 9.80 Å². The van der Waals surface area contributed by atoms with Gasteiger partial charge in [-0.25, -0.2) is 19.3 Å². The van der Waals surface area contributed by atoms with Gasteiger partial charge in [-0.1, -0.05) is 29.8 Å². The molecule has 0 radical (unpaired) electrons. The van der Waals surface area contributed by atoms with Crippen molar-refractivity contribution in [2.75, 3.05) is 36.0 Å². The first-order valence-corrected chi connectivity index (χ1v) is 11.2. The summed E-state index contributed by atoms with van der Waals surface area (Å²) in [5.74, 6) is -0.515. The minimum absolute atomic E-state index is 0.300. The van der Waals surface area contributed by atoms with E-state index in [2.05, 4.69) is 14.9 Å². The Hall–Kier alpha value is -4.07. The van der Waals surface area contributed by atoms with Crippen molar-refractivity contribution in [3.63, 3.8) is 0 Å². The van der Waals surface area contributed by atoms with Gasteiger partial charge < -0.3 is 9.80 Å². The van der Waals surface area contributed by atoms with E-state index in [1.54, 1.807) is 36.7 Å². The van der Waals surface area contributed by atoms with Gasteiger partial charge in [0.2, 0.25) is 5.95 Å². The van der Waals surface area contributed by atoms with Gasteiger partial charge in [0, 0.05) is 38.6 Å². The van der Waals surface area contributed by atoms with Crippen molar-refractivity contribution < 1.29 is 14.0 Å². The summed E-state index contributed by atoms with van der Waals surface area (Å²) in [6.45, 7) is 6.12. The number of aromatic nitrogens is 2. The molecule has 172 valence electrons. The van der Waals surface area contributed by atoms with Crippen molar-refractivity contribution in [1.29, 1.82) is 0 Å². The number of carbonyl (C=O) groups is 2. The molecule has 2 aliphatic rings. The number of anilines is 2. The molecule has 0 N–H and O–H groups in total. The van der Waals surface area contributed by atoms with Crippen LogP contribution in [0.2, 0.25) is 0 Å². The van der Waals surface area contributed by atoms with Crippen molar-refractivity contribution in [1.82, 2.24) is 14.9 Å². The second-order valence-electron chi connectivity index (χ2n) is 8.49. The molecule has 8 heteroatoms. The summed E-state index contributed by atoms with van der Waals surface area (Å²) < 4.78 is 13.6. The van der Waals surface area contributed by atoms with Gasteiger partial charge in [-0.15, -0.1) is 0 Å². The Balaban J connectivity index is 1.52. The summed E-state index contributed by atoms with van der Waals surface area (Å²) in [6.07, 6.45) is 3.40. The molecule has 0 aliphatic carbocycles. The van der Waals surface area contributed by atoms with E-state index in [0.29, 0.717) is 54.6 Å². The maximum absolute atomic E-state index is 13.7. The number of hydrogen-bond acceptors (Lipinski definition) is 6. The van der Waals surface area contributed by atoms with Crippen LogP contribution in [0.1, 0.15) is 16.7 Å². The highest BCUT2D eigenvalue weighted by atomic mass is 19.1. The number of nitrogens with zero attached hydrogens (tertiary/aromatic N) is 5. The van der Waals surface area contributed by atoms with Gasteiger partial charge in [0.25, 0.3) is 11.8 Å². The van der Waals surface area contributed by atoms with Gasteiger partial charge in [0.05, 0.1) is 11.3 Å². The number of imide groups is 1. The molecule has 5 rings (SSSR count). The molecule has 0 atom stereocenters. The third-order valence-corrected chi connectivity index (χ3v) is 6.22. The van der Waals surface area contributed by atoms with Crippen molar-refractivity contribution in [2.45, 2.75) is 13.8 Å². The molecule has 0 unspecified atom stereocenters. The average molecular weight is 458 g/mol. The number of aryl methyl sites for hydroxylation is 2. The molecule has 1 fully saturated rings. The van der Waals surface area contributed by atoms with E-state index in [-0.39, 0.29) is 5.91 Å². The van der Waals surface area contributed by atoms with E-state index in [0.717, 1.165) is 11.1 Å². The number of benzene rings is 2. The quantitative estimate of drug-likeness (QED) is 0.560. The number of piperazine rings is 1. The Bertz CT molecular complexity index is 1280. The summed E-state index contributed by atoms with van der Waals surface area (Å²) in [5.41, 5.74) is 3.63. The lowest BCUT2D eigenvalue weighted by molar-refractivity contribution is -0.120. The molecule has 0 spiro atoms. The van der Waals surface area contributed by atoms with Crippen LogP contribution in [0.4, 0.5) is 16.0 Å². The minimum atomic E-state index is -0.398. The summed E-state index contributed by atoms with van der Waals surface area (Å²) in [6, 6.07) is 13.1. The molecule has 0 saturated carbocycles. The van der Waals surface area contributed by atoms with Gasteiger partial charge in [0.15, 0.2) is 0 Å². The van der Waals surface area contributed by atoms with E-state index in [9.17, 15) is 14.0 Å². The van der Waals surface area contributed by atoms with Gasteiger partial charge in [-0.05, 0) is 49.2 Å². The Morgan fingerprint density at radius 3 is 2.12 bits per heavy atom. The maximum Gasteiger partial charge on any atom is 0.282 e. The predicted molar refractivity (Wildman–Crippen MR) is 128 cm³/mol. The molecule has 1 aromatic heterocycles. The molecular formula is C26H24FN5O2. The van der Waals surface area contributed by atoms with Crippen LogP contribution in [0.25, 0.3) is 5.57 Å². The maximum atomic E-state index is 13.7. The second-order valence-corrected chi connectivity index (χ2v) is 8.49. The van der Waals surface area contributed by atoms with E-state index < -0.39 is 11.7 Å². The number of hydrogen-bond donors (Lipinski definition) is 0. The van der Waals surface area contributed by atoms with Crippen molar-refractivity contribution in [3.05, 3.63) is 89.1 Å². The van der Waals surface area contributed by atoms with Crippen LogP contribution in [-0.2, 0) is 9.59 Å². The highest BCUT2D eigenvalue weighted by molar-refractivity contribution is 6.45. The molecule has 2 aliphatic heterocycles. The summed E-state index contributed by atoms with van der Waals surface area (Å²) >= 11 is 0. The van der Waals surface area contributed by atoms with Gasteiger partial charge >= 0.3 is 0 Å². The SMILES string of the molecule is Cc1ccc(N2C(=O)C(c3ccc(F)cc3)=C(N3CCN(c4ncccn4)CC3)C2=O)c(C)c1. The van der Waals surface area contributed by atoms with E-state index in [1.807, 2.05) is 30.9 Å². The van der Waals surface area contributed by atoms with Crippen LogP contribution in [0, 0.1) is 19.7 Å². The summed E-state index contributed by atoms with van der Waals surface area (Å²) in [4.78, 5) is 41.3. The molecule has 3 heterocycles. The number of carbonyl (C=O) groups excluding carboxylic acids is 2. The first-order chi connectivity index (χ1) is 16.4. The van der Waals surface area contributed by atoms with Crippen LogP contribution in [0.15, 0.2) is 66.6 Å². The van der Waals surface area contributed by atoms with Gasteiger partial charge in [-0.2, -0.15) is 0 Å². The zero-order valence-corrected chi connectivity index (χ0v) is 19.0. The Morgan fingerprint density at radius 2 is 1.47 bits per heavy atom. The highest BCUT2D eigenvalue weighted by Gasteiger charge is 2.43.